The number of piperazine rings is 1. The second kappa shape index (κ2) is 10.3. The SMILES string of the molecule is CC1CN(Cc2ccc(-c3nn[nH]n3)cc2)CCN1C(=O)c1ccc(-c2cccc(C(F)(F)F)c2)cc1F. The molecule has 0 aliphatic carbocycles. The third kappa shape index (κ3) is 5.42. The summed E-state index contributed by atoms with van der Waals surface area (Å²) < 4.78 is 54.2. The summed E-state index contributed by atoms with van der Waals surface area (Å²) in [5.41, 5.74) is 1.54. The fourth-order valence-electron chi connectivity index (χ4n) is 4.68. The second-order valence-electron chi connectivity index (χ2n) is 9.29. The van der Waals surface area contributed by atoms with E-state index >= 15 is 4.39 Å². The molecule has 1 unspecified atom stereocenters. The number of rotatable bonds is 5. The highest BCUT2D eigenvalue weighted by atomic mass is 19.4. The lowest BCUT2D eigenvalue weighted by molar-refractivity contribution is -0.137. The number of halogens is 4. The van der Waals surface area contributed by atoms with Gasteiger partial charge >= 0.3 is 6.18 Å². The average Bonchev–Trinajstić information content (AvgIpc) is 3.44. The minimum atomic E-state index is -4.50. The fraction of sp³-hybridized carbons (Fsp3) is 0.259. The van der Waals surface area contributed by atoms with Crippen molar-refractivity contribution in [3.8, 4) is 22.5 Å². The molecule has 0 radical (unpaired) electrons. The molecule has 1 N–H and O–H groups in total. The van der Waals surface area contributed by atoms with Gasteiger partial charge in [0.05, 0.1) is 11.1 Å². The first-order chi connectivity index (χ1) is 18.2. The number of hydrogen-bond donors (Lipinski definition) is 1. The van der Waals surface area contributed by atoms with Crippen LogP contribution in [0.2, 0.25) is 0 Å². The normalized spacial score (nSPS) is 16.6. The minimum absolute atomic E-state index is 0.0990. The number of amides is 1. The quantitative estimate of drug-likeness (QED) is 0.370. The van der Waals surface area contributed by atoms with Crippen LogP contribution in [0.3, 0.4) is 0 Å². The monoisotopic (exact) mass is 524 g/mol. The minimum Gasteiger partial charge on any atom is -0.333 e. The molecule has 1 amide bonds. The predicted octanol–water partition coefficient (Wildman–Crippen LogP) is 5.04. The summed E-state index contributed by atoms with van der Waals surface area (Å²) in [5.74, 6) is -0.677. The van der Waals surface area contributed by atoms with E-state index < -0.39 is 23.5 Å². The molecule has 0 spiro atoms. The van der Waals surface area contributed by atoms with Crippen LogP contribution in [0, 0.1) is 5.82 Å². The van der Waals surface area contributed by atoms with Crippen LogP contribution in [0.1, 0.15) is 28.4 Å². The molecule has 38 heavy (non-hydrogen) atoms. The summed E-state index contributed by atoms with van der Waals surface area (Å²) in [6, 6.07) is 16.3. The van der Waals surface area contributed by atoms with Crippen molar-refractivity contribution in [1.29, 1.82) is 0 Å². The number of aromatic amines is 1. The van der Waals surface area contributed by atoms with Crippen LogP contribution >= 0.6 is 0 Å². The third-order valence-electron chi connectivity index (χ3n) is 6.66. The van der Waals surface area contributed by atoms with E-state index in [0.717, 1.165) is 29.3 Å². The maximum Gasteiger partial charge on any atom is 0.416 e. The van der Waals surface area contributed by atoms with Crippen molar-refractivity contribution < 1.29 is 22.4 Å². The lowest BCUT2D eigenvalue weighted by Gasteiger charge is -2.40. The summed E-state index contributed by atoms with van der Waals surface area (Å²) in [5, 5.41) is 13.9. The third-order valence-corrected chi connectivity index (χ3v) is 6.66. The number of H-pyrrole nitrogens is 1. The van der Waals surface area contributed by atoms with Crippen LogP contribution < -0.4 is 0 Å². The van der Waals surface area contributed by atoms with Crippen LogP contribution in [0.15, 0.2) is 66.7 Å². The van der Waals surface area contributed by atoms with Crippen LogP contribution in [-0.4, -0.2) is 62.0 Å². The molecule has 1 atom stereocenters. The Bertz CT molecular complexity index is 1420. The van der Waals surface area contributed by atoms with E-state index in [1.807, 2.05) is 31.2 Å². The first-order valence-corrected chi connectivity index (χ1v) is 12.0. The molecular weight excluding hydrogens is 500 g/mol. The van der Waals surface area contributed by atoms with E-state index in [2.05, 4.69) is 25.5 Å². The zero-order valence-electron chi connectivity index (χ0n) is 20.4. The lowest BCUT2D eigenvalue weighted by atomic mass is 10.0. The van der Waals surface area contributed by atoms with Crippen molar-refractivity contribution in [1.82, 2.24) is 30.4 Å². The molecule has 1 fully saturated rings. The van der Waals surface area contributed by atoms with E-state index in [1.54, 1.807) is 4.90 Å². The fourth-order valence-corrected chi connectivity index (χ4v) is 4.68. The van der Waals surface area contributed by atoms with Gasteiger partial charge in [-0.15, -0.1) is 10.2 Å². The van der Waals surface area contributed by atoms with Gasteiger partial charge in [-0.05, 0) is 53.1 Å². The Morgan fingerprint density at radius 2 is 1.74 bits per heavy atom. The number of alkyl halides is 3. The first kappa shape index (κ1) is 25.5. The smallest absolute Gasteiger partial charge is 0.333 e. The van der Waals surface area contributed by atoms with Gasteiger partial charge in [-0.2, -0.15) is 18.4 Å². The summed E-state index contributed by atoms with van der Waals surface area (Å²) in [7, 11) is 0. The summed E-state index contributed by atoms with van der Waals surface area (Å²) >= 11 is 0. The van der Waals surface area contributed by atoms with Gasteiger partial charge in [0.2, 0.25) is 5.82 Å². The topological polar surface area (TPSA) is 78.0 Å². The van der Waals surface area contributed by atoms with Crippen molar-refractivity contribution in [3.63, 3.8) is 0 Å². The summed E-state index contributed by atoms with van der Waals surface area (Å²) in [6.07, 6.45) is -4.50. The van der Waals surface area contributed by atoms with Crippen molar-refractivity contribution in [2.75, 3.05) is 19.6 Å². The number of nitrogens with one attached hydrogen (secondary N) is 1. The van der Waals surface area contributed by atoms with Crippen molar-refractivity contribution in [2.45, 2.75) is 25.7 Å². The maximum absolute atomic E-state index is 15.0. The van der Waals surface area contributed by atoms with Crippen LogP contribution in [-0.2, 0) is 12.7 Å². The first-order valence-electron chi connectivity index (χ1n) is 12.0. The molecular formula is C27H24F4N6O. The van der Waals surface area contributed by atoms with Gasteiger partial charge in [0, 0.05) is 37.8 Å². The molecule has 0 bridgehead atoms. The number of tetrazole rings is 1. The molecule has 11 heteroatoms. The zero-order chi connectivity index (χ0) is 26.9. The Morgan fingerprint density at radius 1 is 1.00 bits per heavy atom. The predicted molar refractivity (Wildman–Crippen MR) is 132 cm³/mol. The molecule has 7 nitrogen and oxygen atoms in total. The van der Waals surface area contributed by atoms with Crippen LogP contribution in [0.4, 0.5) is 17.6 Å². The molecule has 5 rings (SSSR count). The Labute approximate surface area is 216 Å². The van der Waals surface area contributed by atoms with E-state index in [4.69, 9.17) is 0 Å². The molecule has 4 aromatic rings. The molecule has 0 saturated carbocycles. The Morgan fingerprint density at radius 3 is 2.39 bits per heavy atom. The highest BCUT2D eigenvalue weighted by Gasteiger charge is 2.31. The van der Waals surface area contributed by atoms with Crippen molar-refractivity contribution >= 4 is 5.91 Å². The highest BCUT2D eigenvalue weighted by molar-refractivity contribution is 5.95. The van der Waals surface area contributed by atoms with Crippen molar-refractivity contribution in [2.24, 2.45) is 0 Å². The largest absolute Gasteiger partial charge is 0.416 e. The Hall–Kier alpha value is -4.12. The van der Waals surface area contributed by atoms with Gasteiger partial charge < -0.3 is 4.90 Å². The highest BCUT2D eigenvalue weighted by Crippen LogP contribution is 2.32. The maximum atomic E-state index is 15.0. The van der Waals surface area contributed by atoms with Crippen molar-refractivity contribution in [3.05, 3.63) is 89.2 Å². The van der Waals surface area contributed by atoms with Gasteiger partial charge in [-0.25, -0.2) is 4.39 Å². The molecule has 2 heterocycles. The van der Waals surface area contributed by atoms with Crippen LogP contribution in [0.5, 0.6) is 0 Å². The Kier molecular flexibility index (Phi) is 6.94. The molecule has 1 aromatic heterocycles. The van der Waals surface area contributed by atoms with Gasteiger partial charge in [0.15, 0.2) is 0 Å². The van der Waals surface area contributed by atoms with E-state index in [9.17, 15) is 18.0 Å². The van der Waals surface area contributed by atoms with E-state index in [0.29, 0.717) is 32.0 Å². The summed E-state index contributed by atoms with van der Waals surface area (Å²) in [4.78, 5) is 17.0. The molecule has 3 aromatic carbocycles. The van der Waals surface area contributed by atoms with Gasteiger partial charge in [-0.1, -0.05) is 42.5 Å². The number of benzene rings is 3. The number of carbonyl (C=O) groups excluding carboxylic acids is 1. The number of nitrogens with zero attached hydrogens (tertiary/aromatic N) is 5. The molecule has 1 saturated heterocycles. The lowest BCUT2D eigenvalue weighted by Crippen LogP contribution is -2.53. The van der Waals surface area contributed by atoms with E-state index in [-0.39, 0.29) is 22.7 Å². The Balaban J connectivity index is 1.23. The molecule has 196 valence electrons. The second-order valence-corrected chi connectivity index (χ2v) is 9.29. The van der Waals surface area contributed by atoms with Gasteiger partial charge in [0.25, 0.3) is 5.91 Å². The van der Waals surface area contributed by atoms with Crippen LogP contribution in [0.25, 0.3) is 22.5 Å². The average molecular weight is 525 g/mol. The molecule has 1 aliphatic rings. The number of aromatic nitrogens is 4. The van der Waals surface area contributed by atoms with Gasteiger partial charge in [0.1, 0.15) is 5.82 Å². The standard InChI is InChI=1S/C27H24F4N6O/c1-17-15-36(16-18-5-7-19(8-6-18)25-32-34-35-33-25)11-12-37(17)26(38)23-10-9-21(14-24(23)28)20-3-2-4-22(13-20)27(29,30)31/h2-10,13-14,17H,11-12,15-16H2,1H3,(H,32,33,34,35). The van der Waals surface area contributed by atoms with E-state index in [1.165, 1.54) is 24.3 Å². The van der Waals surface area contributed by atoms with Gasteiger partial charge in [-0.3, -0.25) is 9.69 Å². The summed E-state index contributed by atoms with van der Waals surface area (Å²) in [6.45, 7) is 4.27. The number of carbonyl (C=O) groups is 1. The number of hydrogen-bond acceptors (Lipinski definition) is 5. The molecule has 1 aliphatic heterocycles. The zero-order valence-corrected chi connectivity index (χ0v) is 20.4.